The highest BCUT2D eigenvalue weighted by molar-refractivity contribution is 7.03. The number of carboxylic acids is 1. The van der Waals surface area contributed by atoms with Crippen LogP contribution in [0.15, 0.2) is 41.9 Å². The average Bonchev–Trinajstić information content (AvgIpc) is 3.08. The van der Waals surface area contributed by atoms with Gasteiger partial charge in [0.15, 0.2) is 11.5 Å². The zero-order valence-corrected chi connectivity index (χ0v) is 12.6. The van der Waals surface area contributed by atoms with Gasteiger partial charge in [0.05, 0.1) is 17.5 Å². The Hall–Kier alpha value is -2.81. The molecule has 0 radical (unpaired) electrons. The summed E-state index contributed by atoms with van der Waals surface area (Å²) < 4.78 is 41.8. The summed E-state index contributed by atoms with van der Waals surface area (Å²) in [5.74, 6) is -1.10. The van der Waals surface area contributed by atoms with Crippen molar-refractivity contribution in [1.82, 2.24) is 14.3 Å². The van der Waals surface area contributed by atoms with Crippen molar-refractivity contribution < 1.29 is 23.1 Å². The van der Waals surface area contributed by atoms with Crippen LogP contribution < -0.4 is 0 Å². The minimum Gasteiger partial charge on any atom is -0.477 e. The van der Waals surface area contributed by atoms with E-state index in [1.807, 2.05) is 0 Å². The first kappa shape index (κ1) is 16.1. The summed E-state index contributed by atoms with van der Waals surface area (Å²) in [6.07, 6.45) is -2.95. The molecule has 0 aliphatic heterocycles. The van der Waals surface area contributed by atoms with Crippen LogP contribution in [0.5, 0.6) is 0 Å². The summed E-state index contributed by atoms with van der Waals surface area (Å²) in [6, 6.07) is 5.54. The molecule has 0 spiro atoms. The van der Waals surface area contributed by atoms with E-state index in [9.17, 15) is 23.1 Å². The second-order valence-electron chi connectivity index (χ2n) is 4.76. The van der Waals surface area contributed by atoms with Crippen LogP contribution in [0.3, 0.4) is 0 Å². The number of carbonyl (C=O) groups is 1. The number of benzene rings is 1. The number of hydrogen-bond donors (Lipinski definition) is 1. The van der Waals surface area contributed by atoms with E-state index >= 15 is 0 Å². The first-order valence-electron chi connectivity index (χ1n) is 6.54. The van der Waals surface area contributed by atoms with Gasteiger partial charge in [0.1, 0.15) is 0 Å². The van der Waals surface area contributed by atoms with Gasteiger partial charge in [-0.3, -0.25) is 0 Å². The standard InChI is InChI=1S/C15H8F3N3O2S/c16-15(17,18)10-3-1-8(2-4-10)11-5-12(14(22)23)21-13(20-11)9-6-19-24-7-9/h1-7H,(H,22,23). The predicted octanol–water partition coefficient (Wildman–Crippen LogP) is 3.98. The van der Waals surface area contributed by atoms with Crippen molar-refractivity contribution in [3.63, 3.8) is 0 Å². The molecular formula is C15H8F3N3O2S. The average molecular weight is 351 g/mol. The first-order chi connectivity index (χ1) is 11.3. The third-order valence-electron chi connectivity index (χ3n) is 3.14. The lowest BCUT2D eigenvalue weighted by atomic mass is 10.1. The summed E-state index contributed by atoms with van der Waals surface area (Å²) in [6.45, 7) is 0. The van der Waals surface area contributed by atoms with Crippen LogP contribution in [0.4, 0.5) is 13.2 Å². The van der Waals surface area contributed by atoms with Crippen molar-refractivity contribution in [3.05, 3.63) is 53.2 Å². The van der Waals surface area contributed by atoms with Crippen LogP contribution in [0.1, 0.15) is 16.1 Å². The molecule has 0 unspecified atom stereocenters. The topological polar surface area (TPSA) is 76.0 Å². The number of nitrogens with zero attached hydrogens (tertiary/aromatic N) is 3. The van der Waals surface area contributed by atoms with Gasteiger partial charge in [0, 0.05) is 16.5 Å². The zero-order chi connectivity index (χ0) is 17.3. The second-order valence-corrected chi connectivity index (χ2v) is 5.41. The Bertz CT molecular complexity index is 878. The number of hydrogen-bond acceptors (Lipinski definition) is 5. The molecule has 9 heteroatoms. The number of halogens is 3. The molecule has 0 saturated carbocycles. The van der Waals surface area contributed by atoms with E-state index in [4.69, 9.17) is 0 Å². The van der Waals surface area contributed by atoms with Crippen molar-refractivity contribution >= 4 is 17.5 Å². The lowest BCUT2D eigenvalue weighted by molar-refractivity contribution is -0.137. The van der Waals surface area contributed by atoms with Gasteiger partial charge in [-0.1, -0.05) is 12.1 Å². The zero-order valence-electron chi connectivity index (χ0n) is 11.8. The molecule has 0 aliphatic carbocycles. The van der Waals surface area contributed by atoms with E-state index in [1.165, 1.54) is 24.4 Å². The van der Waals surface area contributed by atoms with Crippen molar-refractivity contribution in [1.29, 1.82) is 0 Å². The second kappa shape index (κ2) is 6.00. The maximum atomic E-state index is 12.6. The third-order valence-corrected chi connectivity index (χ3v) is 3.73. The Labute approximate surface area is 137 Å². The quantitative estimate of drug-likeness (QED) is 0.772. The van der Waals surface area contributed by atoms with Gasteiger partial charge in [0.2, 0.25) is 0 Å². The maximum absolute atomic E-state index is 12.6. The van der Waals surface area contributed by atoms with Crippen LogP contribution >= 0.6 is 11.5 Å². The van der Waals surface area contributed by atoms with E-state index < -0.39 is 17.7 Å². The monoisotopic (exact) mass is 351 g/mol. The highest BCUT2D eigenvalue weighted by Crippen LogP contribution is 2.31. The summed E-state index contributed by atoms with van der Waals surface area (Å²) >= 11 is 1.15. The summed E-state index contributed by atoms with van der Waals surface area (Å²) in [4.78, 5) is 19.4. The van der Waals surface area contributed by atoms with Gasteiger partial charge in [0.25, 0.3) is 0 Å². The third kappa shape index (κ3) is 3.25. The molecule has 0 saturated heterocycles. The van der Waals surface area contributed by atoms with E-state index in [2.05, 4.69) is 14.3 Å². The Kier molecular flexibility index (Phi) is 4.02. The van der Waals surface area contributed by atoms with E-state index in [-0.39, 0.29) is 17.2 Å². The minimum atomic E-state index is -4.44. The molecule has 0 bridgehead atoms. The lowest BCUT2D eigenvalue weighted by Crippen LogP contribution is -2.05. The van der Waals surface area contributed by atoms with Gasteiger partial charge in [-0.25, -0.2) is 19.1 Å². The molecule has 2 aromatic heterocycles. The fourth-order valence-corrected chi connectivity index (χ4v) is 2.49. The van der Waals surface area contributed by atoms with Gasteiger partial charge in [-0.15, -0.1) is 0 Å². The first-order valence-corrected chi connectivity index (χ1v) is 7.38. The van der Waals surface area contributed by atoms with Crippen LogP contribution in [0, 0.1) is 0 Å². The number of carboxylic acid groups (broad SMARTS) is 1. The number of rotatable bonds is 3. The van der Waals surface area contributed by atoms with Crippen molar-refractivity contribution in [2.45, 2.75) is 6.18 Å². The Balaban J connectivity index is 2.08. The summed E-state index contributed by atoms with van der Waals surface area (Å²) in [5.41, 5.74) is 0.0769. The molecule has 3 aromatic rings. The molecule has 3 rings (SSSR count). The van der Waals surface area contributed by atoms with Gasteiger partial charge >= 0.3 is 12.1 Å². The summed E-state index contributed by atoms with van der Waals surface area (Å²) in [7, 11) is 0. The van der Waals surface area contributed by atoms with Crippen molar-refractivity contribution in [2.24, 2.45) is 0 Å². The fraction of sp³-hybridized carbons (Fsp3) is 0.0667. The molecule has 0 amide bonds. The maximum Gasteiger partial charge on any atom is 0.416 e. The minimum absolute atomic E-state index is 0.151. The Morgan fingerprint density at radius 3 is 2.33 bits per heavy atom. The van der Waals surface area contributed by atoms with Gasteiger partial charge in [-0.2, -0.15) is 13.2 Å². The predicted molar refractivity (Wildman–Crippen MR) is 80.5 cm³/mol. The largest absolute Gasteiger partial charge is 0.477 e. The number of aromatic nitrogens is 3. The molecule has 0 atom stereocenters. The lowest BCUT2D eigenvalue weighted by Gasteiger charge is -2.08. The van der Waals surface area contributed by atoms with Crippen molar-refractivity contribution in [2.75, 3.05) is 0 Å². The molecule has 122 valence electrons. The van der Waals surface area contributed by atoms with E-state index in [0.29, 0.717) is 11.1 Å². The van der Waals surface area contributed by atoms with Gasteiger partial charge in [-0.05, 0) is 29.7 Å². The smallest absolute Gasteiger partial charge is 0.416 e. The van der Waals surface area contributed by atoms with E-state index in [1.54, 1.807) is 5.38 Å². The Morgan fingerprint density at radius 1 is 1.08 bits per heavy atom. The molecule has 0 aliphatic rings. The van der Waals surface area contributed by atoms with Crippen LogP contribution in [-0.4, -0.2) is 25.4 Å². The molecule has 0 fully saturated rings. The van der Waals surface area contributed by atoms with Crippen molar-refractivity contribution in [3.8, 4) is 22.6 Å². The van der Waals surface area contributed by atoms with Crippen LogP contribution in [0.2, 0.25) is 0 Å². The van der Waals surface area contributed by atoms with Crippen LogP contribution in [0.25, 0.3) is 22.6 Å². The number of alkyl halides is 3. The molecule has 24 heavy (non-hydrogen) atoms. The SMILES string of the molecule is O=C(O)c1cc(-c2ccc(C(F)(F)F)cc2)nc(-c2cnsc2)n1. The fourth-order valence-electron chi connectivity index (χ4n) is 1.98. The number of aromatic carboxylic acids is 1. The molecule has 1 aromatic carbocycles. The molecule has 5 nitrogen and oxygen atoms in total. The molecule has 1 N–H and O–H groups in total. The molecular weight excluding hydrogens is 343 g/mol. The van der Waals surface area contributed by atoms with Gasteiger partial charge < -0.3 is 5.11 Å². The summed E-state index contributed by atoms with van der Waals surface area (Å²) in [5, 5.41) is 10.8. The highest BCUT2D eigenvalue weighted by atomic mass is 32.1. The highest BCUT2D eigenvalue weighted by Gasteiger charge is 2.30. The van der Waals surface area contributed by atoms with E-state index in [0.717, 1.165) is 23.7 Å². The van der Waals surface area contributed by atoms with Crippen LogP contribution in [-0.2, 0) is 6.18 Å². The molecule has 2 heterocycles. The normalized spacial score (nSPS) is 11.5. The Morgan fingerprint density at radius 2 is 1.79 bits per heavy atom.